The molecule has 164 valence electrons. The summed E-state index contributed by atoms with van der Waals surface area (Å²) < 4.78 is 0. The first-order valence-corrected chi connectivity index (χ1v) is 10.8. The molecule has 0 saturated heterocycles. The van der Waals surface area contributed by atoms with Gasteiger partial charge in [0, 0.05) is 19.9 Å². The standard InChI is InChI=1S/C22H38N4O3/c1-18(27)26-21(17-19-9-11-20(28)12-10-19)22(29)25-16-7-5-3-2-4-6-14-24-15-8-13-23/h9-12,21,24,28H,2-8,13-17,23H2,1H3,(H,25,29)(H,26,27)/t21-/m0/s1. The molecule has 1 atom stereocenters. The van der Waals surface area contributed by atoms with E-state index in [1.807, 2.05) is 0 Å². The number of aromatic hydroxyl groups is 1. The third kappa shape index (κ3) is 12.9. The molecule has 0 heterocycles. The zero-order valence-corrected chi connectivity index (χ0v) is 17.7. The molecule has 0 aliphatic heterocycles. The Bertz CT molecular complexity index is 578. The second-order valence-corrected chi connectivity index (χ2v) is 7.43. The lowest BCUT2D eigenvalue weighted by atomic mass is 10.0. The molecule has 7 heteroatoms. The van der Waals surface area contributed by atoms with Crippen LogP contribution in [0.4, 0.5) is 0 Å². The van der Waals surface area contributed by atoms with Crippen molar-refractivity contribution in [2.24, 2.45) is 5.73 Å². The molecule has 6 N–H and O–H groups in total. The number of phenolic OH excluding ortho intramolecular Hbond substituents is 1. The highest BCUT2D eigenvalue weighted by molar-refractivity contribution is 5.87. The van der Waals surface area contributed by atoms with Crippen molar-refractivity contribution in [1.29, 1.82) is 0 Å². The molecular weight excluding hydrogens is 368 g/mol. The molecule has 1 aromatic carbocycles. The van der Waals surface area contributed by atoms with Crippen molar-refractivity contribution < 1.29 is 14.7 Å². The highest BCUT2D eigenvalue weighted by Gasteiger charge is 2.19. The van der Waals surface area contributed by atoms with Crippen LogP contribution in [0, 0.1) is 0 Å². The minimum atomic E-state index is -0.608. The van der Waals surface area contributed by atoms with E-state index in [2.05, 4.69) is 16.0 Å². The zero-order valence-electron chi connectivity index (χ0n) is 17.7. The predicted octanol–water partition coefficient (Wildman–Crippen LogP) is 1.83. The average molecular weight is 407 g/mol. The SMILES string of the molecule is CC(=O)N[C@@H](Cc1ccc(O)cc1)C(=O)NCCCCCCCCNCCCN. The molecular formula is C22H38N4O3. The van der Waals surface area contributed by atoms with Crippen molar-refractivity contribution in [3.8, 4) is 5.75 Å². The number of unbranched alkanes of at least 4 members (excludes halogenated alkanes) is 5. The van der Waals surface area contributed by atoms with Gasteiger partial charge in [0.25, 0.3) is 0 Å². The van der Waals surface area contributed by atoms with E-state index in [0.717, 1.165) is 44.5 Å². The normalized spacial score (nSPS) is 11.8. The second-order valence-electron chi connectivity index (χ2n) is 7.43. The van der Waals surface area contributed by atoms with Gasteiger partial charge >= 0.3 is 0 Å². The van der Waals surface area contributed by atoms with Crippen LogP contribution in [0.5, 0.6) is 5.75 Å². The molecule has 0 bridgehead atoms. The van der Waals surface area contributed by atoms with Gasteiger partial charge in [0.1, 0.15) is 11.8 Å². The van der Waals surface area contributed by atoms with Gasteiger partial charge < -0.3 is 26.8 Å². The van der Waals surface area contributed by atoms with Crippen molar-refractivity contribution in [3.05, 3.63) is 29.8 Å². The van der Waals surface area contributed by atoms with Gasteiger partial charge in [-0.05, 0) is 56.6 Å². The fourth-order valence-electron chi connectivity index (χ4n) is 3.09. The van der Waals surface area contributed by atoms with Crippen molar-refractivity contribution in [2.75, 3.05) is 26.2 Å². The van der Waals surface area contributed by atoms with Crippen LogP contribution in [-0.4, -0.2) is 49.1 Å². The van der Waals surface area contributed by atoms with Crippen LogP contribution in [-0.2, 0) is 16.0 Å². The summed E-state index contributed by atoms with van der Waals surface area (Å²) in [5.74, 6) is -0.226. The largest absolute Gasteiger partial charge is 0.508 e. The van der Waals surface area contributed by atoms with Gasteiger partial charge in [0.05, 0.1) is 0 Å². The lowest BCUT2D eigenvalue weighted by Crippen LogP contribution is -2.47. The Hall–Kier alpha value is -2.12. The first-order chi connectivity index (χ1) is 14.0. The molecule has 0 spiro atoms. The molecule has 1 aromatic rings. The molecule has 29 heavy (non-hydrogen) atoms. The number of carbonyl (C=O) groups excluding carboxylic acids is 2. The Balaban J connectivity index is 2.16. The van der Waals surface area contributed by atoms with Crippen LogP contribution >= 0.6 is 0 Å². The van der Waals surface area contributed by atoms with E-state index in [9.17, 15) is 14.7 Å². The van der Waals surface area contributed by atoms with E-state index in [0.29, 0.717) is 13.0 Å². The minimum absolute atomic E-state index is 0.170. The second kappa shape index (κ2) is 15.8. The number of nitrogens with two attached hydrogens (primary N) is 1. The number of carbonyl (C=O) groups is 2. The lowest BCUT2D eigenvalue weighted by molar-refractivity contribution is -0.128. The summed E-state index contributed by atoms with van der Waals surface area (Å²) in [5.41, 5.74) is 6.34. The van der Waals surface area contributed by atoms with Gasteiger partial charge in [-0.2, -0.15) is 0 Å². The van der Waals surface area contributed by atoms with Gasteiger partial charge in [0.2, 0.25) is 11.8 Å². The monoisotopic (exact) mass is 406 g/mol. The molecule has 7 nitrogen and oxygen atoms in total. The van der Waals surface area contributed by atoms with Gasteiger partial charge in [-0.15, -0.1) is 0 Å². The van der Waals surface area contributed by atoms with Gasteiger partial charge in [-0.3, -0.25) is 9.59 Å². The highest BCUT2D eigenvalue weighted by atomic mass is 16.3. The van der Waals surface area contributed by atoms with E-state index in [1.54, 1.807) is 24.3 Å². The third-order valence-corrected chi connectivity index (χ3v) is 4.71. The van der Waals surface area contributed by atoms with Crippen molar-refractivity contribution in [1.82, 2.24) is 16.0 Å². The van der Waals surface area contributed by atoms with E-state index in [-0.39, 0.29) is 17.6 Å². The molecule has 0 aliphatic carbocycles. The number of rotatable bonds is 16. The first kappa shape index (κ1) is 24.9. The maximum atomic E-state index is 12.4. The highest BCUT2D eigenvalue weighted by Crippen LogP contribution is 2.11. The topological polar surface area (TPSA) is 116 Å². The van der Waals surface area contributed by atoms with Crippen molar-refractivity contribution in [2.45, 2.75) is 64.3 Å². The fraction of sp³-hybridized carbons (Fsp3) is 0.636. The molecule has 0 unspecified atom stereocenters. The molecule has 2 amide bonds. The molecule has 0 radical (unpaired) electrons. The summed E-state index contributed by atoms with van der Waals surface area (Å²) in [5, 5.41) is 18.4. The molecule has 0 saturated carbocycles. The Morgan fingerprint density at radius 1 is 0.931 bits per heavy atom. The summed E-state index contributed by atoms with van der Waals surface area (Å²) in [6.45, 7) is 4.83. The number of nitrogens with one attached hydrogen (secondary N) is 3. The number of hydrogen-bond donors (Lipinski definition) is 5. The van der Waals surface area contributed by atoms with E-state index in [1.165, 1.54) is 32.6 Å². The fourth-order valence-corrected chi connectivity index (χ4v) is 3.09. The number of benzene rings is 1. The molecule has 0 aromatic heterocycles. The maximum Gasteiger partial charge on any atom is 0.242 e. The smallest absolute Gasteiger partial charge is 0.242 e. The summed E-state index contributed by atoms with van der Waals surface area (Å²) >= 11 is 0. The Labute approximate surface area is 174 Å². The van der Waals surface area contributed by atoms with Crippen LogP contribution < -0.4 is 21.7 Å². The number of amides is 2. The first-order valence-electron chi connectivity index (χ1n) is 10.8. The van der Waals surface area contributed by atoms with E-state index >= 15 is 0 Å². The average Bonchev–Trinajstić information content (AvgIpc) is 2.69. The minimum Gasteiger partial charge on any atom is -0.508 e. The lowest BCUT2D eigenvalue weighted by Gasteiger charge is -2.18. The summed E-state index contributed by atoms with van der Waals surface area (Å²) in [7, 11) is 0. The third-order valence-electron chi connectivity index (χ3n) is 4.71. The number of hydrogen-bond acceptors (Lipinski definition) is 5. The quantitative estimate of drug-likeness (QED) is 0.269. The van der Waals surface area contributed by atoms with Gasteiger partial charge in [-0.25, -0.2) is 0 Å². The van der Waals surface area contributed by atoms with Crippen LogP contribution in [0.15, 0.2) is 24.3 Å². The van der Waals surface area contributed by atoms with Gasteiger partial charge in [-0.1, -0.05) is 37.8 Å². The van der Waals surface area contributed by atoms with Crippen LogP contribution in [0.1, 0.15) is 57.4 Å². The summed E-state index contributed by atoms with van der Waals surface area (Å²) in [6.07, 6.45) is 8.24. The Morgan fingerprint density at radius 2 is 1.52 bits per heavy atom. The maximum absolute atomic E-state index is 12.4. The van der Waals surface area contributed by atoms with Crippen LogP contribution in [0.25, 0.3) is 0 Å². The predicted molar refractivity (Wildman–Crippen MR) is 117 cm³/mol. The van der Waals surface area contributed by atoms with Crippen molar-refractivity contribution in [3.63, 3.8) is 0 Å². The van der Waals surface area contributed by atoms with E-state index < -0.39 is 6.04 Å². The van der Waals surface area contributed by atoms with Gasteiger partial charge in [0.15, 0.2) is 0 Å². The summed E-state index contributed by atoms with van der Waals surface area (Å²) in [4.78, 5) is 23.9. The van der Waals surface area contributed by atoms with Crippen molar-refractivity contribution >= 4 is 11.8 Å². The Kier molecular flexibility index (Phi) is 13.5. The molecule has 0 fully saturated rings. The molecule has 0 aliphatic rings. The van der Waals surface area contributed by atoms with Crippen LogP contribution in [0.3, 0.4) is 0 Å². The van der Waals surface area contributed by atoms with E-state index in [4.69, 9.17) is 5.73 Å². The van der Waals surface area contributed by atoms with Crippen LogP contribution in [0.2, 0.25) is 0 Å². The Morgan fingerprint density at radius 3 is 2.14 bits per heavy atom. The summed E-state index contributed by atoms with van der Waals surface area (Å²) in [6, 6.07) is 6.06. The molecule has 1 rings (SSSR count). The number of phenols is 1. The zero-order chi connectivity index (χ0) is 21.3.